The highest BCUT2D eigenvalue weighted by atomic mass is 16.2. The third-order valence-electron chi connectivity index (χ3n) is 6.18. The van der Waals surface area contributed by atoms with Gasteiger partial charge in [-0.2, -0.15) is 0 Å². The Bertz CT molecular complexity index is 461. The van der Waals surface area contributed by atoms with Crippen LogP contribution in [0.4, 0.5) is 0 Å². The summed E-state index contributed by atoms with van der Waals surface area (Å²) < 4.78 is 0. The topological polar surface area (TPSA) is 66.6 Å². The van der Waals surface area contributed by atoms with E-state index in [2.05, 4.69) is 6.92 Å². The maximum absolute atomic E-state index is 13.0. The first-order chi connectivity index (χ1) is 11.0. The monoisotopic (exact) mass is 321 g/mol. The zero-order chi connectivity index (χ0) is 16.4. The van der Waals surface area contributed by atoms with E-state index < -0.39 is 0 Å². The van der Waals surface area contributed by atoms with Crippen molar-refractivity contribution < 1.29 is 9.59 Å². The Balaban J connectivity index is 1.68. The Labute approximate surface area is 139 Å². The lowest BCUT2D eigenvalue weighted by molar-refractivity contribution is -0.147. The smallest absolute Gasteiger partial charge is 0.226 e. The van der Waals surface area contributed by atoms with Gasteiger partial charge in [0.1, 0.15) is 0 Å². The Morgan fingerprint density at radius 1 is 0.957 bits per heavy atom. The summed E-state index contributed by atoms with van der Waals surface area (Å²) in [4.78, 5) is 29.9. The minimum absolute atomic E-state index is 0.0544. The molecule has 130 valence electrons. The van der Waals surface area contributed by atoms with Crippen LogP contribution in [0, 0.1) is 17.3 Å². The van der Waals surface area contributed by atoms with Gasteiger partial charge in [-0.3, -0.25) is 9.59 Å². The fourth-order valence-corrected chi connectivity index (χ4v) is 4.51. The van der Waals surface area contributed by atoms with Crippen LogP contribution in [0.5, 0.6) is 0 Å². The lowest BCUT2D eigenvalue weighted by Crippen LogP contribution is -2.46. The quantitative estimate of drug-likeness (QED) is 0.859. The number of hydrogen-bond acceptors (Lipinski definition) is 3. The van der Waals surface area contributed by atoms with E-state index in [9.17, 15) is 9.59 Å². The van der Waals surface area contributed by atoms with Crippen molar-refractivity contribution in [1.82, 2.24) is 9.80 Å². The van der Waals surface area contributed by atoms with Crippen LogP contribution in [0.15, 0.2) is 0 Å². The van der Waals surface area contributed by atoms with Gasteiger partial charge >= 0.3 is 0 Å². The first-order valence-electron chi connectivity index (χ1n) is 9.32. The molecule has 2 heterocycles. The van der Waals surface area contributed by atoms with E-state index in [1.807, 2.05) is 9.80 Å². The molecule has 5 heteroatoms. The standard InChI is InChI=1S/C18H31N3O2/c1-18(12-19)8-11-21(13-18)17(23)15-7-3-2-6-14(15)16(22)20-9-4-5-10-20/h14-15H,2-13,19H2,1H3. The Hall–Kier alpha value is -1.10. The molecular weight excluding hydrogens is 290 g/mol. The van der Waals surface area contributed by atoms with E-state index >= 15 is 0 Å². The van der Waals surface area contributed by atoms with Crippen molar-refractivity contribution in [1.29, 1.82) is 0 Å². The van der Waals surface area contributed by atoms with Gasteiger partial charge < -0.3 is 15.5 Å². The van der Waals surface area contributed by atoms with Crippen LogP contribution in [-0.4, -0.2) is 54.3 Å². The van der Waals surface area contributed by atoms with Gasteiger partial charge in [-0.25, -0.2) is 0 Å². The van der Waals surface area contributed by atoms with Gasteiger partial charge in [0, 0.05) is 38.0 Å². The van der Waals surface area contributed by atoms with Crippen LogP contribution in [0.3, 0.4) is 0 Å². The number of likely N-dealkylation sites (tertiary alicyclic amines) is 2. The van der Waals surface area contributed by atoms with Crippen LogP contribution in [0.2, 0.25) is 0 Å². The summed E-state index contributed by atoms with van der Waals surface area (Å²) in [6.07, 6.45) is 7.10. The third kappa shape index (κ3) is 3.39. The highest BCUT2D eigenvalue weighted by Crippen LogP contribution is 2.36. The number of nitrogens with zero attached hydrogens (tertiary/aromatic N) is 2. The van der Waals surface area contributed by atoms with Crippen LogP contribution in [0.25, 0.3) is 0 Å². The molecule has 0 bridgehead atoms. The summed E-state index contributed by atoms with van der Waals surface area (Å²) in [7, 11) is 0. The third-order valence-corrected chi connectivity index (χ3v) is 6.18. The number of carbonyl (C=O) groups excluding carboxylic acids is 2. The van der Waals surface area contributed by atoms with Crippen molar-refractivity contribution in [3.05, 3.63) is 0 Å². The molecule has 0 aromatic heterocycles. The van der Waals surface area contributed by atoms with Crippen molar-refractivity contribution in [3.8, 4) is 0 Å². The van der Waals surface area contributed by atoms with Crippen molar-refractivity contribution in [2.75, 3.05) is 32.7 Å². The molecular formula is C18H31N3O2. The summed E-state index contributed by atoms with van der Waals surface area (Å²) in [5.74, 6) is 0.261. The minimum Gasteiger partial charge on any atom is -0.342 e. The van der Waals surface area contributed by atoms with Crippen molar-refractivity contribution in [3.63, 3.8) is 0 Å². The van der Waals surface area contributed by atoms with E-state index in [0.717, 1.165) is 71.1 Å². The fourth-order valence-electron chi connectivity index (χ4n) is 4.51. The Morgan fingerprint density at radius 3 is 2.04 bits per heavy atom. The van der Waals surface area contributed by atoms with Gasteiger partial charge in [-0.05, 0) is 44.1 Å². The molecule has 1 saturated carbocycles. The van der Waals surface area contributed by atoms with Crippen LogP contribution in [0.1, 0.15) is 51.9 Å². The molecule has 2 aliphatic heterocycles. The van der Waals surface area contributed by atoms with Crippen molar-refractivity contribution >= 4 is 11.8 Å². The average Bonchev–Trinajstić information content (AvgIpc) is 3.24. The van der Waals surface area contributed by atoms with E-state index in [1.54, 1.807) is 0 Å². The SMILES string of the molecule is CC1(CN)CCN(C(=O)C2CCCCC2C(=O)N2CCCC2)C1. The molecule has 2 N–H and O–H groups in total. The second-order valence-electron chi connectivity index (χ2n) is 8.05. The van der Waals surface area contributed by atoms with E-state index in [0.29, 0.717) is 6.54 Å². The van der Waals surface area contributed by atoms with Crippen LogP contribution in [-0.2, 0) is 9.59 Å². The first kappa shape index (κ1) is 16.7. The van der Waals surface area contributed by atoms with Crippen molar-refractivity contribution in [2.24, 2.45) is 23.0 Å². The largest absolute Gasteiger partial charge is 0.342 e. The molecule has 0 spiro atoms. The minimum atomic E-state index is -0.100. The van der Waals surface area contributed by atoms with Gasteiger partial charge in [-0.15, -0.1) is 0 Å². The molecule has 0 aromatic rings. The Kier molecular flexibility index (Phi) is 4.95. The summed E-state index contributed by atoms with van der Waals surface area (Å²) >= 11 is 0. The molecule has 0 aromatic carbocycles. The molecule has 5 nitrogen and oxygen atoms in total. The number of nitrogens with two attached hydrogens (primary N) is 1. The number of carbonyl (C=O) groups is 2. The van der Waals surface area contributed by atoms with Crippen LogP contribution >= 0.6 is 0 Å². The summed E-state index contributed by atoms with van der Waals surface area (Å²) in [6.45, 7) is 6.10. The number of amides is 2. The molecule has 3 unspecified atom stereocenters. The number of hydrogen-bond donors (Lipinski definition) is 1. The molecule has 3 aliphatic rings. The fraction of sp³-hybridized carbons (Fsp3) is 0.889. The predicted molar refractivity (Wildman–Crippen MR) is 89.6 cm³/mol. The molecule has 1 aliphatic carbocycles. The zero-order valence-electron chi connectivity index (χ0n) is 14.4. The van der Waals surface area contributed by atoms with Gasteiger partial charge in [0.25, 0.3) is 0 Å². The lowest BCUT2D eigenvalue weighted by Gasteiger charge is -2.35. The maximum atomic E-state index is 13.0. The predicted octanol–water partition coefficient (Wildman–Crippen LogP) is 1.61. The highest BCUT2D eigenvalue weighted by molar-refractivity contribution is 5.88. The average molecular weight is 321 g/mol. The summed E-state index contributed by atoms with van der Waals surface area (Å²) in [5.41, 5.74) is 5.92. The first-order valence-corrected chi connectivity index (χ1v) is 9.32. The lowest BCUT2D eigenvalue weighted by atomic mass is 9.77. The molecule has 3 atom stereocenters. The number of rotatable bonds is 3. The molecule has 23 heavy (non-hydrogen) atoms. The molecule has 3 fully saturated rings. The second kappa shape index (κ2) is 6.80. The van der Waals surface area contributed by atoms with Gasteiger partial charge in [0.2, 0.25) is 11.8 Å². The molecule has 3 rings (SSSR count). The van der Waals surface area contributed by atoms with Crippen molar-refractivity contribution in [2.45, 2.75) is 51.9 Å². The molecule has 0 radical (unpaired) electrons. The summed E-state index contributed by atoms with van der Waals surface area (Å²) in [5, 5.41) is 0. The molecule has 2 amide bonds. The molecule has 2 saturated heterocycles. The Morgan fingerprint density at radius 2 is 1.52 bits per heavy atom. The van der Waals surface area contributed by atoms with E-state index in [4.69, 9.17) is 5.73 Å². The second-order valence-corrected chi connectivity index (χ2v) is 8.05. The normalized spacial score (nSPS) is 34.9. The van der Waals surface area contributed by atoms with Crippen LogP contribution < -0.4 is 5.73 Å². The van der Waals surface area contributed by atoms with Gasteiger partial charge in [0.05, 0.1) is 0 Å². The van der Waals surface area contributed by atoms with E-state index in [-0.39, 0.29) is 29.1 Å². The van der Waals surface area contributed by atoms with E-state index in [1.165, 1.54) is 0 Å². The van der Waals surface area contributed by atoms with Gasteiger partial charge in [-0.1, -0.05) is 19.8 Å². The maximum Gasteiger partial charge on any atom is 0.226 e. The zero-order valence-corrected chi connectivity index (χ0v) is 14.4. The highest BCUT2D eigenvalue weighted by Gasteiger charge is 2.43. The van der Waals surface area contributed by atoms with Gasteiger partial charge in [0.15, 0.2) is 0 Å². The summed E-state index contributed by atoms with van der Waals surface area (Å²) in [6, 6.07) is 0.